The maximum atomic E-state index is 12.3. The van der Waals surface area contributed by atoms with Crippen molar-refractivity contribution in [3.8, 4) is 0 Å². The molecule has 0 radical (unpaired) electrons. The van der Waals surface area contributed by atoms with Gasteiger partial charge in [-0.2, -0.15) is 0 Å². The van der Waals surface area contributed by atoms with Crippen LogP contribution in [0.4, 0.5) is 0 Å². The summed E-state index contributed by atoms with van der Waals surface area (Å²) in [5.41, 5.74) is 0. The number of nitrogens with one attached hydrogen (secondary N) is 2. The van der Waals surface area contributed by atoms with Gasteiger partial charge in [0.15, 0.2) is 0 Å². The van der Waals surface area contributed by atoms with Crippen molar-refractivity contribution < 1.29 is 19.5 Å². The fourth-order valence-electron chi connectivity index (χ4n) is 4.92. The molecule has 0 rings (SSSR count). The maximum Gasteiger partial charge on any atom is 0.326 e. The van der Waals surface area contributed by atoms with Crippen molar-refractivity contribution in [2.45, 2.75) is 142 Å². The predicted molar refractivity (Wildman–Crippen MR) is 232 cm³/mol. The van der Waals surface area contributed by atoms with Gasteiger partial charge in [0.05, 0.1) is 0 Å². The molecule has 0 heterocycles. The Labute approximate surface area is 329 Å². The van der Waals surface area contributed by atoms with Gasteiger partial charge in [0.25, 0.3) is 0 Å². The fraction of sp³-hybridized carbons (Fsp3) is 0.479. The number of carbonyl (C=O) groups excluding carboxylic acids is 2. The minimum atomic E-state index is -1.03. The van der Waals surface area contributed by atoms with Gasteiger partial charge in [-0.3, -0.25) is 9.59 Å². The van der Waals surface area contributed by atoms with E-state index >= 15 is 0 Å². The number of carboxylic acid groups (broad SMARTS) is 1. The summed E-state index contributed by atoms with van der Waals surface area (Å²) >= 11 is 0. The van der Waals surface area contributed by atoms with Crippen LogP contribution in [0.2, 0.25) is 0 Å². The van der Waals surface area contributed by atoms with Crippen molar-refractivity contribution in [1.82, 2.24) is 10.6 Å². The Morgan fingerprint density at radius 1 is 0.444 bits per heavy atom. The van der Waals surface area contributed by atoms with Gasteiger partial charge in [-0.15, -0.1) is 0 Å². The number of carbonyl (C=O) groups is 3. The van der Waals surface area contributed by atoms with E-state index in [1.54, 1.807) is 0 Å². The van der Waals surface area contributed by atoms with Crippen LogP contribution in [0.1, 0.15) is 136 Å². The molecule has 0 saturated heterocycles. The minimum absolute atomic E-state index is 0.0137. The van der Waals surface area contributed by atoms with Crippen LogP contribution in [0, 0.1) is 0 Å². The van der Waals surface area contributed by atoms with Crippen molar-refractivity contribution in [1.29, 1.82) is 0 Å². The molecule has 0 saturated carbocycles. The molecular weight excluding hydrogens is 669 g/mol. The molecule has 6 nitrogen and oxygen atoms in total. The van der Waals surface area contributed by atoms with Crippen molar-refractivity contribution in [2.24, 2.45) is 0 Å². The monoisotopic (exact) mass is 741 g/mol. The average Bonchev–Trinajstić information content (AvgIpc) is 3.16. The molecule has 54 heavy (non-hydrogen) atoms. The number of amides is 2. The SMILES string of the molecule is CCC=CCC=CCC=CCC=CCC=CCC=CCCC(=O)N[C@@H](CCCCNC(=O)CCCC=CCC=CCC=CCC=CCC=CCC)C(=O)O. The van der Waals surface area contributed by atoms with E-state index in [4.69, 9.17) is 0 Å². The van der Waals surface area contributed by atoms with Gasteiger partial charge in [0.2, 0.25) is 11.8 Å². The highest BCUT2D eigenvalue weighted by molar-refractivity contribution is 5.83. The molecule has 0 aromatic carbocycles. The summed E-state index contributed by atoms with van der Waals surface area (Å²) in [4.78, 5) is 36.1. The van der Waals surface area contributed by atoms with Crippen LogP contribution in [-0.2, 0) is 14.4 Å². The Hall–Kier alpha value is -4.45. The molecule has 0 aliphatic heterocycles. The van der Waals surface area contributed by atoms with E-state index < -0.39 is 12.0 Å². The van der Waals surface area contributed by atoms with Crippen molar-refractivity contribution >= 4 is 17.8 Å². The summed E-state index contributed by atoms with van der Waals surface area (Å²) in [6.45, 7) is 4.79. The van der Waals surface area contributed by atoms with Crippen LogP contribution in [0.25, 0.3) is 0 Å². The number of hydrogen-bond donors (Lipinski definition) is 3. The smallest absolute Gasteiger partial charge is 0.326 e. The van der Waals surface area contributed by atoms with Gasteiger partial charge in [0.1, 0.15) is 6.04 Å². The van der Waals surface area contributed by atoms with Crippen LogP contribution in [0.5, 0.6) is 0 Å². The van der Waals surface area contributed by atoms with Gasteiger partial charge >= 0.3 is 5.97 Å². The second-order valence-corrected chi connectivity index (χ2v) is 12.9. The molecule has 6 heteroatoms. The number of rotatable bonds is 34. The quantitative estimate of drug-likeness (QED) is 0.0452. The lowest BCUT2D eigenvalue weighted by Gasteiger charge is -2.14. The van der Waals surface area contributed by atoms with E-state index in [-0.39, 0.29) is 18.2 Å². The summed E-state index contributed by atoms with van der Waals surface area (Å²) in [5, 5.41) is 15.1. The predicted octanol–water partition coefficient (Wildman–Crippen LogP) is 12.2. The van der Waals surface area contributed by atoms with Crippen LogP contribution in [0.15, 0.2) is 134 Å². The summed E-state index contributed by atoms with van der Waals surface area (Å²) in [7, 11) is 0. The maximum absolute atomic E-state index is 12.3. The van der Waals surface area contributed by atoms with Gasteiger partial charge in [-0.25, -0.2) is 4.79 Å². The Bertz CT molecular complexity index is 1270. The van der Waals surface area contributed by atoms with Crippen LogP contribution >= 0.6 is 0 Å². The lowest BCUT2D eigenvalue weighted by atomic mass is 10.1. The van der Waals surface area contributed by atoms with Gasteiger partial charge in [0, 0.05) is 19.4 Å². The van der Waals surface area contributed by atoms with E-state index in [9.17, 15) is 19.5 Å². The molecule has 0 spiro atoms. The Kier molecular flexibility index (Phi) is 37.9. The molecule has 0 fully saturated rings. The lowest BCUT2D eigenvalue weighted by molar-refractivity contribution is -0.142. The minimum Gasteiger partial charge on any atom is -0.480 e. The van der Waals surface area contributed by atoms with E-state index in [0.717, 1.165) is 83.5 Å². The topological polar surface area (TPSA) is 95.5 Å². The summed E-state index contributed by atoms with van der Waals surface area (Å²) < 4.78 is 0. The number of carboxylic acids is 1. The van der Waals surface area contributed by atoms with E-state index in [1.807, 2.05) is 12.2 Å². The Morgan fingerprint density at radius 2 is 0.815 bits per heavy atom. The molecule has 0 aromatic rings. The standard InChI is InChI=1S/C48H72N2O4/c1-3-5-7-9-11-13-15-17-19-21-22-24-26-28-30-32-34-36-38-43-47(52)50-45(48(53)54)41-39-40-44-49-46(51)42-37-35-33-31-29-27-25-23-20-18-16-14-12-10-8-6-4-2/h5-8,11-14,17-20,22,24-25,27-28,30-31,33-34,36,45H,3-4,9-10,15-16,21,23,26,29,32,35,37-44H2,1-2H3,(H,49,51)(H,50,52)(H,53,54)/t45-/m0/s1. The normalized spacial score (nSPS) is 13.5. The molecule has 0 aliphatic carbocycles. The van der Waals surface area contributed by atoms with Crippen LogP contribution < -0.4 is 10.6 Å². The highest BCUT2D eigenvalue weighted by Crippen LogP contribution is 2.05. The zero-order chi connectivity index (χ0) is 39.4. The van der Waals surface area contributed by atoms with E-state index in [1.165, 1.54) is 0 Å². The number of unbranched alkanes of at least 4 members (excludes halogenated alkanes) is 2. The summed E-state index contributed by atoms with van der Waals surface area (Å²) in [5.74, 6) is -1.28. The third-order valence-corrected chi connectivity index (χ3v) is 7.94. The van der Waals surface area contributed by atoms with Crippen molar-refractivity contribution in [3.63, 3.8) is 0 Å². The molecule has 298 valence electrons. The van der Waals surface area contributed by atoms with Crippen LogP contribution in [-0.4, -0.2) is 35.5 Å². The average molecular weight is 741 g/mol. The molecule has 0 aliphatic rings. The highest BCUT2D eigenvalue weighted by Gasteiger charge is 2.18. The third kappa shape index (κ3) is 38.8. The molecule has 1 atom stereocenters. The van der Waals surface area contributed by atoms with E-state index in [2.05, 4.69) is 146 Å². The number of hydrogen-bond acceptors (Lipinski definition) is 3. The number of allylic oxidation sites excluding steroid dienone is 22. The zero-order valence-electron chi connectivity index (χ0n) is 33.6. The zero-order valence-corrected chi connectivity index (χ0v) is 33.6. The first-order valence-corrected chi connectivity index (χ1v) is 20.4. The highest BCUT2D eigenvalue weighted by atomic mass is 16.4. The molecular formula is C48H72N2O4. The van der Waals surface area contributed by atoms with Crippen LogP contribution in [0.3, 0.4) is 0 Å². The molecule has 0 aromatic heterocycles. The second-order valence-electron chi connectivity index (χ2n) is 12.9. The summed E-state index contributed by atoms with van der Waals surface area (Å²) in [6, 6.07) is -0.915. The first-order chi connectivity index (χ1) is 26.5. The molecule has 2 amide bonds. The number of aliphatic carboxylic acids is 1. The summed E-state index contributed by atoms with van der Waals surface area (Å²) in [6.07, 6.45) is 62.5. The lowest BCUT2D eigenvalue weighted by Crippen LogP contribution is -2.40. The first kappa shape index (κ1) is 49.6. The van der Waals surface area contributed by atoms with E-state index in [0.29, 0.717) is 38.6 Å². The van der Waals surface area contributed by atoms with Gasteiger partial charge in [-0.05, 0) is 109 Å². The second kappa shape index (κ2) is 41.3. The van der Waals surface area contributed by atoms with Gasteiger partial charge < -0.3 is 15.7 Å². The Balaban J connectivity index is 3.89. The van der Waals surface area contributed by atoms with Crippen molar-refractivity contribution in [2.75, 3.05) is 6.54 Å². The van der Waals surface area contributed by atoms with Gasteiger partial charge in [-0.1, -0.05) is 148 Å². The molecule has 0 bridgehead atoms. The molecule has 3 N–H and O–H groups in total. The molecule has 0 unspecified atom stereocenters. The Morgan fingerprint density at radius 3 is 1.20 bits per heavy atom. The third-order valence-electron chi connectivity index (χ3n) is 7.94. The fourth-order valence-corrected chi connectivity index (χ4v) is 4.92. The first-order valence-electron chi connectivity index (χ1n) is 20.4. The van der Waals surface area contributed by atoms with Crippen molar-refractivity contribution in [3.05, 3.63) is 134 Å². The largest absolute Gasteiger partial charge is 0.480 e.